The van der Waals surface area contributed by atoms with E-state index < -0.39 is 14.8 Å². The first kappa shape index (κ1) is 23.4. The average molecular weight is 488 g/mol. The maximum Gasteiger partial charge on any atom is 0.296 e. The second-order valence-electron chi connectivity index (χ2n) is 6.38. The molecule has 0 aromatic heterocycles. The SMILES string of the molecule is O=[N+]([O-])c1cc(C=Nc2ccc(N=Cc3ccc(Cl)c([N+](=O)[O-])c3)c([N+](=O)[O-])c2)ccc1Cl. The molecule has 0 aliphatic rings. The van der Waals surface area contributed by atoms with Crippen molar-refractivity contribution in [3.63, 3.8) is 0 Å². The van der Waals surface area contributed by atoms with Crippen molar-refractivity contribution in [3.8, 4) is 0 Å². The van der Waals surface area contributed by atoms with Crippen LogP contribution in [0.1, 0.15) is 11.1 Å². The molecule has 3 aromatic carbocycles. The highest BCUT2D eigenvalue weighted by molar-refractivity contribution is 6.33. The summed E-state index contributed by atoms with van der Waals surface area (Å²) in [5, 5.41) is 33.4. The van der Waals surface area contributed by atoms with Crippen LogP contribution >= 0.6 is 23.2 Å². The Morgan fingerprint density at radius 2 is 1.12 bits per heavy atom. The number of benzene rings is 3. The third-order valence-electron chi connectivity index (χ3n) is 4.20. The third kappa shape index (κ3) is 5.73. The molecule has 0 saturated heterocycles. The van der Waals surface area contributed by atoms with Gasteiger partial charge in [-0.1, -0.05) is 35.3 Å². The molecular formula is C20H11Cl2N5O6. The summed E-state index contributed by atoms with van der Waals surface area (Å²) >= 11 is 11.5. The molecule has 0 spiro atoms. The molecule has 0 atom stereocenters. The minimum atomic E-state index is -0.650. The third-order valence-corrected chi connectivity index (χ3v) is 4.84. The van der Waals surface area contributed by atoms with Crippen molar-refractivity contribution in [1.29, 1.82) is 0 Å². The van der Waals surface area contributed by atoms with Crippen molar-refractivity contribution in [3.05, 3.63) is 106 Å². The quantitative estimate of drug-likeness (QED) is 0.218. The molecule has 0 saturated carbocycles. The van der Waals surface area contributed by atoms with Crippen LogP contribution in [0.2, 0.25) is 10.0 Å². The van der Waals surface area contributed by atoms with Crippen LogP contribution in [-0.4, -0.2) is 27.2 Å². The van der Waals surface area contributed by atoms with Gasteiger partial charge in [0.15, 0.2) is 0 Å². The molecule has 33 heavy (non-hydrogen) atoms. The highest BCUT2D eigenvalue weighted by Gasteiger charge is 2.16. The first-order chi connectivity index (χ1) is 15.7. The number of halogens is 2. The van der Waals surface area contributed by atoms with Gasteiger partial charge in [0, 0.05) is 30.6 Å². The Morgan fingerprint density at radius 1 is 0.636 bits per heavy atom. The lowest BCUT2D eigenvalue weighted by atomic mass is 10.2. The maximum absolute atomic E-state index is 11.5. The smallest absolute Gasteiger partial charge is 0.258 e. The van der Waals surface area contributed by atoms with Gasteiger partial charge in [0.1, 0.15) is 15.7 Å². The summed E-state index contributed by atoms with van der Waals surface area (Å²) < 4.78 is 0. The first-order valence-corrected chi connectivity index (χ1v) is 9.66. The van der Waals surface area contributed by atoms with Crippen LogP contribution in [0.5, 0.6) is 0 Å². The van der Waals surface area contributed by atoms with E-state index in [1.807, 2.05) is 0 Å². The summed E-state index contributed by atoms with van der Waals surface area (Å²) in [5.74, 6) is 0. The molecule has 3 rings (SSSR count). The monoisotopic (exact) mass is 487 g/mol. The van der Waals surface area contributed by atoms with Gasteiger partial charge in [-0.2, -0.15) is 0 Å². The molecule has 0 heterocycles. The van der Waals surface area contributed by atoms with Crippen LogP contribution in [0.3, 0.4) is 0 Å². The maximum atomic E-state index is 11.5. The summed E-state index contributed by atoms with van der Waals surface area (Å²) in [6, 6.07) is 12.1. The number of nitro benzene ring substituents is 3. The fraction of sp³-hybridized carbons (Fsp3) is 0. The highest BCUT2D eigenvalue weighted by atomic mass is 35.5. The summed E-state index contributed by atoms with van der Waals surface area (Å²) in [5.41, 5.74) is -0.0570. The molecular weight excluding hydrogens is 477 g/mol. The Bertz CT molecular complexity index is 1340. The summed E-state index contributed by atoms with van der Waals surface area (Å²) in [4.78, 5) is 39.7. The van der Waals surface area contributed by atoms with Gasteiger partial charge in [-0.15, -0.1) is 0 Å². The van der Waals surface area contributed by atoms with E-state index in [0.29, 0.717) is 11.1 Å². The number of aliphatic imine (C=N–C) groups is 2. The molecule has 13 heteroatoms. The Balaban J connectivity index is 1.89. The second kappa shape index (κ2) is 9.94. The van der Waals surface area contributed by atoms with E-state index in [-0.39, 0.29) is 38.5 Å². The lowest BCUT2D eigenvalue weighted by Gasteiger charge is -2.01. The topological polar surface area (TPSA) is 154 Å². The van der Waals surface area contributed by atoms with E-state index in [1.165, 1.54) is 67.0 Å². The number of nitro groups is 3. The minimum absolute atomic E-state index is 0.00122. The fourth-order valence-electron chi connectivity index (χ4n) is 2.64. The molecule has 0 amide bonds. The van der Waals surface area contributed by atoms with Crippen molar-refractivity contribution in [2.75, 3.05) is 0 Å². The van der Waals surface area contributed by atoms with E-state index in [0.717, 1.165) is 0 Å². The Labute approximate surface area is 195 Å². The lowest BCUT2D eigenvalue weighted by Crippen LogP contribution is -1.92. The van der Waals surface area contributed by atoms with Gasteiger partial charge in [0.05, 0.1) is 20.5 Å². The molecule has 0 radical (unpaired) electrons. The zero-order valence-electron chi connectivity index (χ0n) is 16.3. The largest absolute Gasteiger partial charge is 0.296 e. The summed E-state index contributed by atoms with van der Waals surface area (Å²) in [6.07, 6.45) is 2.54. The molecule has 11 nitrogen and oxygen atoms in total. The molecule has 0 aliphatic carbocycles. The van der Waals surface area contributed by atoms with Crippen LogP contribution < -0.4 is 0 Å². The zero-order valence-corrected chi connectivity index (χ0v) is 17.8. The van der Waals surface area contributed by atoms with Crippen LogP contribution in [0.25, 0.3) is 0 Å². The molecule has 0 N–H and O–H groups in total. The normalized spacial score (nSPS) is 11.2. The van der Waals surface area contributed by atoms with Gasteiger partial charge in [-0.05, 0) is 35.4 Å². The number of hydrogen-bond acceptors (Lipinski definition) is 8. The summed E-state index contributed by atoms with van der Waals surface area (Å²) in [6.45, 7) is 0. The van der Waals surface area contributed by atoms with E-state index in [9.17, 15) is 30.3 Å². The van der Waals surface area contributed by atoms with Crippen LogP contribution in [0.4, 0.5) is 28.4 Å². The van der Waals surface area contributed by atoms with E-state index in [1.54, 1.807) is 0 Å². The Hall–Kier alpha value is -4.22. The van der Waals surface area contributed by atoms with E-state index in [2.05, 4.69) is 9.98 Å². The first-order valence-electron chi connectivity index (χ1n) is 8.90. The average Bonchev–Trinajstić information content (AvgIpc) is 2.77. The molecule has 166 valence electrons. The summed E-state index contributed by atoms with van der Waals surface area (Å²) in [7, 11) is 0. The number of hydrogen-bond donors (Lipinski definition) is 0. The van der Waals surface area contributed by atoms with Crippen molar-refractivity contribution >= 4 is 64.1 Å². The number of rotatable bonds is 7. The predicted octanol–water partition coefficient (Wildman–Crippen LogP) is 6.22. The Morgan fingerprint density at radius 3 is 1.61 bits per heavy atom. The minimum Gasteiger partial charge on any atom is -0.258 e. The molecule has 0 aliphatic heterocycles. The van der Waals surface area contributed by atoms with Gasteiger partial charge in [0.2, 0.25) is 0 Å². The van der Waals surface area contributed by atoms with Crippen molar-refractivity contribution < 1.29 is 14.8 Å². The van der Waals surface area contributed by atoms with Gasteiger partial charge in [0.25, 0.3) is 17.1 Å². The standard InChI is InChI=1S/C20H11Cl2N5O6/c21-15-4-1-12(7-18(15)25(28)29)10-23-14-3-6-17(20(9-14)27(32)33)24-11-13-2-5-16(22)19(8-13)26(30)31/h1-11H. The predicted molar refractivity (Wildman–Crippen MR) is 124 cm³/mol. The van der Waals surface area contributed by atoms with Crippen molar-refractivity contribution in [2.45, 2.75) is 0 Å². The van der Waals surface area contributed by atoms with Gasteiger partial charge in [-0.25, -0.2) is 4.99 Å². The second-order valence-corrected chi connectivity index (χ2v) is 7.20. The van der Waals surface area contributed by atoms with Crippen LogP contribution in [-0.2, 0) is 0 Å². The van der Waals surface area contributed by atoms with Crippen LogP contribution in [0, 0.1) is 30.3 Å². The number of nitrogens with zero attached hydrogens (tertiary/aromatic N) is 5. The van der Waals surface area contributed by atoms with E-state index in [4.69, 9.17) is 23.2 Å². The van der Waals surface area contributed by atoms with Crippen LogP contribution in [0.15, 0.2) is 64.6 Å². The highest BCUT2D eigenvalue weighted by Crippen LogP contribution is 2.32. The fourth-order valence-corrected chi connectivity index (χ4v) is 3.01. The lowest BCUT2D eigenvalue weighted by molar-refractivity contribution is -0.384. The molecule has 0 bridgehead atoms. The van der Waals surface area contributed by atoms with Gasteiger partial charge < -0.3 is 0 Å². The zero-order chi connectivity index (χ0) is 24.1. The van der Waals surface area contributed by atoms with Gasteiger partial charge in [-0.3, -0.25) is 35.3 Å². The molecule has 0 fully saturated rings. The molecule has 3 aromatic rings. The van der Waals surface area contributed by atoms with E-state index >= 15 is 0 Å². The van der Waals surface area contributed by atoms with Crippen molar-refractivity contribution in [1.82, 2.24) is 0 Å². The van der Waals surface area contributed by atoms with Crippen molar-refractivity contribution in [2.24, 2.45) is 9.98 Å². The molecule has 0 unspecified atom stereocenters. The van der Waals surface area contributed by atoms with Gasteiger partial charge >= 0.3 is 0 Å². The Kier molecular flexibility index (Phi) is 7.06.